The minimum Gasteiger partial charge on any atom is -0.392 e. The number of nitrogens with one attached hydrogen (secondary N) is 4. The van der Waals surface area contributed by atoms with Crippen LogP contribution in [0.4, 0.5) is 24.7 Å². The van der Waals surface area contributed by atoms with Crippen LogP contribution in [0.15, 0.2) is 43.0 Å². The lowest BCUT2D eigenvalue weighted by Gasteiger charge is -2.13. The van der Waals surface area contributed by atoms with Crippen molar-refractivity contribution in [2.45, 2.75) is 38.1 Å². The van der Waals surface area contributed by atoms with E-state index in [2.05, 4.69) is 36.3 Å². The molecule has 0 bridgehead atoms. The molecule has 42 heavy (non-hydrogen) atoms. The highest BCUT2D eigenvalue weighted by Crippen LogP contribution is 2.36. The molecule has 3 aromatic heterocycles. The first kappa shape index (κ1) is 29.0. The van der Waals surface area contributed by atoms with Crippen molar-refractivity contribution in [3.8, 4) is 11.3 Å². The number of fused-ring (bicyclic) bond motifs is 1. The van der Waals surface area contributed by atoms with Crippen molar-refractivity contribution in [2.75, 3.05) is 25.0 Å². The van der Waals surface area contributed by atoms with Crippen molar-refractivity contribution in [3.05, 3.63) is 59.8 Å². The number of aliphatic hydroxyl groups is 1. The highest BCUT2D eigenvalue weighted by atomic mass is 19.4. The van der Waals surface area contributed by atoms with Crippen LogP contribution in [0.5, 0.6) is 0 Å². The fraction of sp³-hybridized carbons (Fsp3) is 0.370. The number of hydrogen-bond donors (Lipinski definition) is 5. The first-order chi connectivity index (χ1) is 20.0. The maximum atomic E-state index is 13.6. The van der Waals surface area contributed by atoms with Gasteiger partial charge in [-0.15, -0.1) is 0 Å². The van der Waals surface area contributed by atoms with Crippen LogP contribution in [0, 0.1) is 6.92 Å². The van der Waals surface area contributed by atoms with Crippen molar-refractivity contribution in [3.63, 3.8) is 0 Å². The lowest BCUT2D eigenvalue weighted by Crippen LogP contribution is -2.41. The third-order valence-electron chi connectivity index (χ3n) is 6.90. The summed E-state index contributed by atoms with van der Waals surface area (Å²) in [6.45, 7) is 2.94. The van der Waals surface area contributed by atoms with Gasteiger partial charge in [-0.3, -0.25) is 18.7 Å². The molecule has 12 nitrogen and oxygen atoms in total. The van der Waals surface area contributed by atoms with Gasteiger partial charge >= 0.3 is 6.18 Å². The molecule has 15 heteroatoms. The van der Waals surface area contributed by atoms with Gasteiger partial charge in [0.05, 0.1) is 29.6 Å². The number of aryl methyl sites for hydroxylation is 2. The molecule has 4 heterocycles. The Kier molecular flexibility index (Phi) is 8.13. The summed E-state index contributed by atoms with van der Waals surface area (Å²) < 4.78 is 43.3. The molecule has 0 radical (unpaired) electrons. The number of alkyl halides is 3. The summed E-state index contributed by atoms with van der Waals surface area (Å²) in [4.78, 5) is 33.4. The number of carbonyl (C=O) groups is 2. The van der Waals surface area contributed by atoms with E-state index in [4.69, 9.17) is 0 Å². The molecule has 0 spiro atoms. The van der Waals surface area contributed by atoms with Crippen LogP contribution >= 0.6 is 0 Å². The van der Waals surface area contributed by atoms with Crippen LogP contribution in [0.3, 0.4) is 0 Å². The average molecular weight is 586 g/mol. The van der Waals surface area contributed by atoms with Crippen LogP contribution in [0.2, 0.25) is 0 Å². The van der Waals surface area contributed by atoms with E-state index < -0.39 is 24.0 Å². The fourth-order valence-electron chi connectivity index (χ4n) is 4.86. The topological polar surface area (TPSA) is 150 Å². The quantitative estimate of drug-likeness (QED) is 0.188. The van der Waals surface area contributed by atoms with E-state index in [1.54, 1.807) is 25.1 Å². The smallest absolute Gasteiger partial charge is 0.392 e. The van der Waals surface area contributed by atoms with Crippen molar-refractivity contribution >= 4 is 29.0 Å². The Morgan fingerprint density at radius 3 is 2.69 bits per heavy atom. The summed E-state index contributed by atoms with van der Waals surface area (Å²) in [6, 6.07) is 4.72. The van der Waals surface area contributed by atoms with Gasteiger partial charge in [-0.2, -0.15) is 18.3 Å². The van der Waals surface area contributed by atoms with Crippen LogP contribution in [0.1, 0.15) is 34.5 Å². The third-order valence-corrected chi connectivity index (χ3v) is 6.90. The molecule has 0 saturated carbocycles. The molecule has 2 amide bonds. The molecule has 1 aromatic carbocycles. The largest absolute Gasteiger partial charge is 0.435 e. The average Bonchev–Trinajstić information content (AvgIpc) is 3.66. The number of nitrogens with zero attached hydrogens (tertiary/aromatic N) is 5. The number of aliphatic hydroxyl groups excluding tert-OH is 1. The first-order valence-electron chi connectivity index (χ1n) is 13.3. The van der Waals surface area contributed by atoms with Crippen molar-refractivity contribution in [1.29, 1.82) is 0 Å². The monoisotopic (exact) mass is 585 g/mol. The van der Waals surface area contributed by atoms with Crippen LogP contribution in [0.25, 0.3) is 16.9 Å². The van der Waals surface area contributed by atoms with Gasteiger partial charge in [0.2, 0.25) is 5.91 Å². The lowest BCUT2D eigenvalue weighted by atomic mass is 10.1. The third kappa shape index (κ3) is 6.21. The predicted molar refractivity (Wildman–Crippen MR) is 147 cm³/mol. The SMILES string of the molecule is Cc1cc(Nc2nccn3c(-c4cn(C)nc4C(F)(F)F)cnc23)ccc1C(=O)NCCCNC(=O)[C@@H]1C[C@@H](O)CN1. The first-order valence-corrected chi connectivity index (χ1v) is 13.3. The van der Waals surface area contributed by atoms with E-state index >= 15 is 0 Å². The van der Waals surface area contributed by atoms with Crippen LogP contribution in [-0.4, -0.2) is 72.9 Å². The van der Waals surface area contributed by atoms with Gasteiger partial charge in [-0.1, -0.05) is 0 Å². The number of aromatic nitrogens is 5. The second-order valence-corrected chi connectivity index (χ2v) is 10.1. The molecule has 1 aliphatic heterocycles. The molecule has 5 N–H and O–H groups in total. The van der Waals surface area contributed by atoms with Gasteiger partial charge in [0.1, 0.15) is 0 Å². The molecule has 222 valence electrons. The number of imidazole rings is 1. The van der Waals surface area contributed by atoms with Gasteiger partial charge in [0.25, 0.3) is 5.91 Å². The molecule has 0 unspecified atom stereocenters. The molecule has 4 aromatic rings. The summed E-state index contributed by atoms with van der Waals surface area (Å²) in [6.07, 6.45) is 1.39. The molecular weight excluding hydrogens is 555 g/mol. The van der Waals surface area contributed by atoms with Crippen molar-refractivity contribution in [2.24, 2.45) is 7.05 Å². The summed E-state index contributed by atoms with van der Waals surface area (Å²) >= 11 is 0. The predicted octanol–water partition coefficient (Wildman–Crippen LogP) is 2.16. The van der Waals surface area contributed by atoms with Crippen LogP contribution in [-0.2, 0) is 18.0 Å². The summed E-state index contributed by atoms with van der Waals surface area (Å²) in [5.41, 5.74) is 1.20. The molecular formula is C27H30F3N9O3. The number of carbonyl (C=O) groups excluding carboxylic acids is 2. The second-order valence-electron chi connectivity index (χ2n) is 10.1. The van der Waals surface area contributed by atoms with E-state index in [0.717, 1.165) is 4.68 Å². The van der Waals surface area contributed by atoms with Gasteiger partial charge in [-0.05, 0) is 43.5 Å². The van der Waals surface area contributed by atoms with E-state index in [0.29, 0.717) is 60.8 Å². The van der Waals surface area contributed by atoms with Gasteiger partial charge in [-0.25, -0.2) is 9.97 Å². The summed E-state index contributed by atoms with van der Waals surface area (Å²) in [5, 5.41) is 24.8. The minimum atomic E-state index is -4.63. The summed E-state index contributed by atoms with van der Waals surface area (Å²) in [7, 11) is 1.42. The Labute approximate surface area is 238 Å². The number of hydrogen-bond acceptors (Lipinski definition) is 8. The molecule has 1 saturated heterocycles. The number of rotatable bonds is 9. The zero-order valence-electron chi connectivity index (χ0n) is 22.9. The molecule has 1 aliphatic rings. The Hall–Kier alpha value is -4.50. The zero-order valence-corrected chi connectivity index (χ0v) is 22.9. The Morgan fingerprint density at radius 1 is 1.19 bits per heavy atom. The number of benzene rings is 1. The fourth-order valence-corrected chi connectivity index (χ4v) is 4.86. The molecule has 5 rings (SSSR count). The van der Waals surface area contributed by atoms with Gasteiger partial charge < -0.3 is 26.4 Å². The molecule has 2 atom stereocenters. The van der Waals surface area contributed by atoms with E-state index in [9.17, 15) is 27.9 Å². The maximum Gasteiger partial charge on any atom is 0.435 e. The Balaban J connectivity index is 1.21. The van der Waals surface area contributed by atoms with Gasteiger partial charge in [0, 0.05) is 56.5 Å². The maximum absolute atomic E-state index is 13.6. The van der Waals surface area contributed by atoms with Gasteiger partial charge in [0.15, 0.2) is 17.2 Å². The lowest BCUT2D eigenvalue weighted by molar-refractivity contribution is -0.141. The van der Waals surface area contributed by atoms with Crippen LogP contribution < -0.4 is 21.3 Å². The summed E-state index contributed by atoms with van der Waals surface area (Å²) in [5.74, 6) is -0.111. The van der Waals surface area contributed by atoms with E-state index in [-0.39, 0.29) is 23.1 Å². The Morgan fingerprint density at radius 2 is 1.98 bits per heavy atom. The minimum absolute atomic E-state index is 0.103. The Bertz CT molecular complexity index is 1620. The zero-order chi connectivity index (χ0) is 30.0. The van der Waals surface area contributed by atoms with Crippen molar-refractivity contribution < 1.29 is 27.9 Å². The molecule has 0 aliphatic carbocycles. The number of halogens is 3. The highest BCUT2D eigenvalue weighted by Gasteiger charge is 2.38. The highest BCUT2D eigenvalue weighted by molar-refractivity contribution is 5.96. The normalized spacial score (nSPS) is 17.0. The number of β-amino-alcohol motifs (C(OH)–C–C–N with tert-alkyl or cyclic N) is 1. The molecule has 1 fully saturated rings. The number of anilines is 2. The van der Waals surface area contributed by atoms with E-state index in [1.165, 1.54) is 36.2 Å². The standard InChI is InChI=1S/C27H30F3N9O3/c1-15-10-16(4-5-18(15)25(41)32-6-3-7-33-26(42)20-11-17(40)12-34-20)36-23-24-35-13-21(39(24)9-8-31-23)19-14-38(2)37-22(19)27(28,29)30/h4-5,8-10,13-14,17,20,34,40H,3,6-7,11-12H2,1-2H3,(H,31,36)(H,32,41)(H,33,42)/t17-,20+/m1/s1. The van der Waals surface area contributed by atoms with Crippen molar-refractivity contribution in [1.82, 2.24) is 40.1 Å². The number of amides is 2. The second kappa shape index (κ2) is 11.8. The van der Waals surface area contributed by atoms with E-state index in [1.807, 2.05) is 0 Å².